The van der Waals surface area contributed by atoms with Gasteiger partial charge in [0, 0.05) is 20.1 Å². The molecular formula is C19H24N4O4. The number of anilines is 1. The molecule has 1 aromatic carbocycles. The molecule has 0 bridgehead atoms. The molecule has 8 heteroatoms. The van der Waals surface area contributed by atoms with Gasteiger partial charge in [-0.1, -0.05) is 6.07 Å². The van der Waals surface area contributed by atoms with Crippen LogP contribution in [0.15, 0.2) is 30.6 Å². The Kier molecular flexibility index (Phi) is 4.73. The number of benzene rings is 1. The van der Waals surface area contributed by atoms with Crippen LogP contribution in [-0.4, -0.2) is 58.2 Å². The zero-order chi connectivity index (χ0) is 19.0. The van der Waals surface area contributed by atoms with Gasteiger partial charge in [0.2, 0.25) is 5.95 Å². The summed E-state index contributed by atoms with van der Waals surface area (Å²) in [7, 11) is 3.24. The molecule has 2 fully saturated rings. The number of ether oxygens (including phenoxy) is 2. The first-order chi connectivity index (χ1) is 13.0. The third kappa shape index (κ3) is 3.49. The standard InChI is InChI=1S/C19H24N4O4/c1-22-19(20-11-21-22)23-9-13-7-16(24)17(8-14(13)10-23)27-15-5-3-4-12(6-15)18(25)26-2/h3-6,11,13-14,16-17,24H,7-10H2,1-2H3/t13-,14+,16+,17+/m0/s1. The Morgan fingerprint density at radius 3 is 2.74 bits per heavy atom. The Bertz CT molecular complexity index is 824. The van der Waals surface area contributed by atoms with Crippen molar-refractivity contribution in [2.45, 2.75) is 25.0 Å². The highest BCUT2D eigenvalue weighted by Gasteiger charge is 2.43. The molecule has 0 amide bonds. The van der Waals surface area contributed by atoms with Crippen molar-refractivity contribution in [2.24, 2.45) is 18.9 Å². The Morgan fingerprint density at radius 2 is 2.04 bits per heavy atom. The summed E-state index contributed by atoms with van der Waals surface area (Å²) in [5, 5.41) is 14.8. The van der Waals surface area contributed by atoms with Crippen LogP contribution in [0.25, 0.3) is 0 Å². The van der Waals surface area contributed by atoms with Crippen molar-refractivity contribution in [3.05, 3.63) is 36.2 Å². The lowest BCUT2D eigenvalue weighted by atomic mass is 9.78. The first-order valence-electron chi connectivity index (χ1n) is 9.17. The van der Waals surface area contributed by atoms with Crippen molar-refractivity contribution in [1.82, 2.24) is 14.8 Å². The number of carbonyl (C=O) groups excluding carboxylic acids is 1. The molecule has 1 N–H and O–H groups in total. The van der Waals surface area contributed by atoms with E-state index in [1.165, 1.54) is 7.11 Å². The number of nitrogens with zero attached hydrogens (tertiary/aromatic N) is 4. The monoisotopic (exact) mass is 372 g/mol. The van der Waals surface area contributed by atoms with E-state index in [1.807, 2.05) is 7.05 Å². The molecule has 1 aliphatic heterocycles. The molecule has 4 rings (SSSR count). The number of carbonyl (C=O) groups is 1. The third-order valence-corrected chi connectivity index (χ3v) is 5.60. The van der Waals surface area contributed by atoms with Crippen molar-refractivity contribution < 1.29 is 19.4 Å². The van der Waals surface area contributed by atoms with Crippen LogP contribution in [0.1, 0.15) is 23.2 Å². The highest BCUT2D eigenvalue weighted by Crippen LogP contribution is 2.39. The number of hydrogen-bond donors (Lipinski definition) is 1. The molecule has 1 aromatic heterocycles. The second-order valence-corrected chi connectivity index (χ2v) is 7.32. The summed E-state index contributed by atoms with van der Waals surface area (Å²) in [6.45, 7) is 1.75. The summed E-state index contributed by atoms with van der Waals surface area (Å²) < 4.78 is 12.6. The summed E-state index contributed by atoms with van der Waals surface area (Å²) in [5.41, 5.74) is 0.437. The molecule has 4 atom stereocenters. The van der Waals surface area contributed by atoms with Gasteiger partial charge in [-0.15, -0.1) is 0 Å². The van der Waals surface area contributed by atoms with Crippen molar-refractivity contribution >= 4 is 11.9 Å². The summed E-state index contributed by atoms with van der Waals surface area (Å²) in [5.74, 6) is 1.88. The smallest absolute Gasteiger partial charge is 0.337 e. The van der Waals surface area contributed by atoms with Crippen LogP contribution in [-0.2, 0) is 11.8 Å². The minimum absolute atomic E-state index is 0.293. The molecular weight excluding hydrogens is 348 g/mol. The van der Waals surface area contributed by atoms with Crippen molar-refractivity contribution in [2.75, 3.05) is 25.1 Å². The summed E-state index contributed by atoms with van der Waals surface area (Å²) in [6, 6.07) is 6.89. The van der Waals surface area contributed by atoms with Crippen molar-refractivity contribution in [3.8, 4) is 5.75 Å². The summed E-state index contributed by atoms with van der Waals surface area (Å²) >= 11 is 0. The Labute approximate surface area is 157 Å². The molecule has 2 aliphatic rings. The van der Waals surface area contributed by atoms with Crippen LogP contribution in [0.2, 0.25) is 0 Å². The Morgan fingerprint density at radius 1 is 1.26 bits per heavy atom. The maximum absolute atomic E-state index is 11.7. The largest absolute Gasteiger partial charge is 0.488 e. The number of aryl methyl sites for hydroxylation is 1. The predicted molar refractivity (Wildman–Crippen MR) is 97.6 cm³/mol. The zero-order valence-corrected chi connectivity index (χ0v) is 15.5. The maximum atomic E-state index is 11.7. The van der Waals surface area contributed by atoms with Crippen LogP contribution in [0.5, 0.6) is 5.75 Å². The second kappa shape index (κ2) is 7.19. The number of fused-ring (bicyclic) bond motifs is 1. The fourth-order valence-electron chi connectivity index (χ4n) is 4.25. The van der Waals surface area contributed by atoms with Gasteiger partial charge in [-0.25, -0.2) is 9.48 Å². The van der Waals surface area contributed by atoms with Gasteiger partial charge in [0.25, 0.3) is 0 Å². The second-order valence-electron chi connectivity index (χ2n) is 7.32. The summed E-state index contributed by atoms with van der Waals surface area (Å²) in [6.07, 6.45) is 2.20. The highest BCUT2D eigenvalue weighted by molar-refractivity contribution is 5.89. The van der Waals surface area contributed by atoms with Gasteiger partial charge >= 0.3 is 5.97 Å². The number of hydrogen-bond acceptors (Lipinski definition) is 7. The molecule has 1 saturated heterocycles. The minimum Gasteiger partial charge on any atom is -0.488 e. The lowest BCUT2D eigenvalue weighted by Gasteiger charge is -2.35. The highest BCUT2D eigenvalue weighted by atomic mass is 16.5. The molecule has 0 unspecified atom stereocenters. The predicted octanol–water partition coefficient (Wildman–Crippen LogP) is 1.26. The van der Waals surface area contributed by atoms with E-state index in [4.69, 9.17) is 9.47 Å². The number of aliphatic hydroxyl groups excluding tert-OH is 1. The molecule has 1 saturated carbocycles. The Hall–Kier alpha value is -2.61. The van der Waals surface area contributed by atoms with Crippen LogP contribution in [0.4, 0.5) is 5.95 Å². The van der Waals surface area contributed by atoms with Gasteiger partial charge in [-0.2, -0.15) is 10.1 Å². The van der Waals surface area contributed by atoms with E-state index in [0.717, 1.165) is 25.5 Å². The topological polar surface area (TPSA) is 89.7 Å². The van der Waals surface area contributed by atoms with Gasteiger partial charge in [-0.05, 0) is 42.9 Å². The first kappa shape index (κ1) is 17.8. The molecule has 0 radical (unpaired) electrons. The van der Waals surface area contributed by atoms with Crippen LogP contribution < -0.4 is 9.64 Å². The van der Waals surface area contributed by atoms with Gasteiger partial charge in [-0.3, -0.25) is 0 Å². The Balaban J connectivity index is 1.44. The van der Waals surface area contributed by atoms with Gasteiger partial charge in [0.1, 0.15) is 18.2 Å². The number of rotatable bonds is 4. The average Bonchev–Trinajstić information content (AvgIpc) is 3.27. The molecule has 8 nitrogen and oxygen atoms in total. The summed E-state index contributed by atoms with van der Waals surface area (Å²) in [4.78, 5) is 18.3. The molecule has 1 aliphatic carbocycles. The van der Waals surface area contributed by atoms with E-state index in [0.29, 0.717) is 29.6 Å². The van der Waals surface area contributed by atoms with Crippen LogP contribution >= 0.6 is 0 Å². The van der Waals surface area contributed by atoms with E-state index < -0.39 is 12.1 Å². The van der Waals surface area contributed by atoms with E-state index in [9.17, 15) is 9.90 Å². The van der Waals surface area contributed by atoms with Gasteiger partial charge in [0.05, 0.1) is 18.8 Å². The quantitative estimate of drug-likeness (QED) is 0.808. The van der Waals surface area contributed by atoms with Gasteiger partial charge < -0.3 is 19.5 Å². The number of aromatic nitrogens is 3. The molecule has 0 spiro atoms. The SMILES string of the molecule is COC(=O)c1cccc(O[C@@H]2C[C@@H]3CN(c4ncnn4C)C[C@@H]3C[C@H]2O)c1. The molecule has 2 aromatic rings. The van der Waals surface area contributed by atoms with Gasteiger partial charge in [0.15, 0.2) is 0 Å². The van der Waals surface area contributed by atoms with Crippen molar-refractivity contribution in [1.29, 1.82) is 0 Å². The maximum Gasteiger partial charge on any atom is 0.337 e. The molecule has 144 valence electrons. The van der Waals surface area contributed by atoms with Crippen LogP contribution in [0, 0.1) is 11.8 Å². The first-order valence-corrected chi connectivity index (χ1v) is 9.17. The number of esters is 1. The van der Waals surface area contributed by atoms with Crippen LogP contribution in [0.3, 0.4) is 0 Å². The van der Waals surface area contributed by atoms with E-state index >= 15 is 0 Å². The normalized spacial score (nSPS) is 27.3. The van der Waals surface area contributed by atoms with E-state index in [-0.39, 0.29) is 6.10 Å². The fourth-order valence-corrected chi connectivity index (χ4v) is 4.25. The molecule has 2 heterocycles. The fraction of sp³-hybridized carbons (Fsp3) is 0.526. The van der Waals surface area contributed by atoms with Crippen molar-refractivity contribution in [3.63, 3.8) is 0 Å². The number of methoxy groups -OCH3 is 1. The zero-order valence-electron chi connectivity index (χ0n) is 15.5. The minimum atomic E-state index is -0.535. The van der Waals surface area contributed by atoms with E-state index in [2.05, 4.69) is 15.0 Å². The lowest BCUT2D eigenvalue weighted by Crippen LogP contribution is -2.42. The van der Waals surface area contributed by atoms with E-state index in [1.54, 1.807) is 35.3 Å². The average molecular weight is 372 g/mol. The number of aliphatic hydroxyl groups is 1. The third-order valence-electron chi connectivity index (χ3n) is 5.60. The lowest BCUT2D eigenvalue weighted by molar-refractivity contribution is -0.0231. The molecule has 27 heavy (non-hydrogen) atoms.